The summed E-state index contributed by atoms with van der Waals surface area (Å²) < 4.78 is 5.27. The van der Waals surface area contributed by atoms with Crippen LogP contribution < -0.4 is 4.74 Å². The molecule has 3 heteroatoms. The Morgan fingerprint density at radius 2 is 1.70 bits per heavy atom. The first-order valence-electron chi connectivity index (χ1n) is 6.86. The van der Waals surface area contributed by atoms with Crippen molar-refractivity contribution in [1.82, 2.24) is 0 Å². The van der Waals surface area contributed by atoms with Crippen molar-refractivity contribution in [2.45, 2.75) is 45.8 Å². The van der Waals surface area contributed by atoms with Crippen molar-refractivity contribution < 1.29 is 9.84 Å². The molecule has 1 aromatic carbocycles. The second kappa shape index (κ2) is 8.14. The fourth-order valence-corrected chi connectivity index (χ4v) is 2.18. The first-order chi connectivity index (χ1) is 9.11. The second-order valence-electron chi connectivity index (χ2n) is 6.66. The fourth-order valence-electron chi connectivity index (χ4n) is 1.57. The minimum absolute atomic E-state index is 0.00424. The van der Waals surface area contributed by atoms with E-state index in [-0.39, 0.29) is 12.0 Å². The molecule has 2 nitrogen and oxygen atoms in total. The average Bonchev–Trinajstić information content (AvgIpc) is 2.35. The smallest absolute Gasteiger partial charge is 0.129 e. The summed E-state index contributed by atoms with van der Waals surface area (Å²) in [5.74, 6) is 3.63. The Bertz CT molecular complexity index is 456. The van der Waals surface area contributed by atoms with Crippen LogP contribution in [0.2, 0.25) is 19.6 Å². The van der Waals surface area contributed by atoms with Gasteiger partial charge in [0.05, 0.1) is 7.11 Å². The lowest BCUT2D eigenvalue weighted by atomic mass is 9.86. The van der Waals surface area contributed by atoms with Crippen LogP contribution in [0.1, 0.15) is 26.3 Å². The minimum atomic E-state index is -1.20. The average molecular weight is 292 g/mol. The maximum Gasteiger partial charge on any atom is 0.129 e. The Morgan fingerprint density at radius 1 is 1.15 bits per heavy atom. The van der Waals surface area contributed by atoms with E-state index in [1.807, 2.05) is 18.2 Å². The fraction of sp³-hybridized carbons (Fsp3) is 0.529. The summed E-state index contributed by atoms with van der Waals surface area (Å²) in [6, 6.07) is 8.15. The van der Waals surface area contributed by atoms with Gasteiger partial charge in [-0.2, -0.15) is 0 Å². The molecule has 0 aliphatic rings. The van der Waals surface area contributed by atoms with Crippen molar-refractivity contribution in [2.75, 3.05) is 13.7 Å². The van der Waals surface area contributed by atoms with Crippen molar-refractivity contribution in [2.24, 2.45) is 0 Å². The normalized spacial score (nSPS) is 10.8. The summed E-state index contributed by atoms with van der Waals surface area (Å²) in [4.78, 5) is 0. The highest BCUT2D eigenvalue weighted by Gasteiger charge is 2.17. The lowest BCUT2D eigenvalue weighted by Crippen LogP contribution is -2.16. The third-order valence-electron chi connectivity index (χ3n) is 2.46. The third kappa shape index (κ3) is 8.03. The lowest BCUT2D eigenvalue weighted by molar-refractivity contribution is 0.350. The van der Waals surface area contributed by atoms with E-state index in [1.165, 1.54) is 5.56 Å². The number of ether oxygens (including phenoxy) is 1. The van der Waals surface area contributed by atoms with E-state index in [0.29, 0.717) is 0 Å². The number of benzene rings is 1. The van der Waals surface area contributed by atoms with Crippen LogP contribution in [0, 0.1) is 11.5 Å². The molecule has 0 saturated heterocycles. The molecule has 0 amide bonds. The molecule has 0 aliphatic carbocycles. The largest absolute Gasteiger partial charge is 0.496 e. The standard InChI is InChI=1S/C11H16O.C6H12OSi/c1-11(2,3)9-7-5-6-8-10(9)12-4;1-8(2,3)6-4-5-7/h5-8H,1-4H3;7H,5H2,1-3H3. The summed E-state index contributed by atoms with van der Waals surface area (Å²) in [6.45, 7) is 13.0. The van der Waals surface area contributed by atoms with Gasteiger partial charge in [0.1, 0.15) is 20.4 Å². The Hall–Kier alpha value is -1.24. The van der Waals surface area contributed by atoms with Gasteiger partial charge < -0.3 is 9.84 Å². The molecular formula is C17H28O2Si. The molecule has 0 bridgehead atoms. The zero-order valence-corrected chi connectivity index (χ0v) is 14.9. The SMILES string of the molecule is COc1ccccc1C(C)(C)C.C[Si](C)(C)C#CCO. The van der Waals surface area contributed by atoms with E-state index >= 15 is 0 Å². The summed E-state index contributed by atoms with van der Waals surface area (Å²) in [5.41, 5.74) is 4.43. The van der Waals surface area contributed by atoms with Crippen molar-refractivity contribution in [3.63, 3.8) is 0 Å². The minimum Gasteiger partial charge on any atom is -0.496 e. The van der Waals surface area contributed by atoms with E-state index < -0.39 is 8.07 Å². The molecule has 0 aromatic heterocycles. The molecule has 0 heterocycles. The quantitative estimate of drug-likeness (QED) is 0.629. The molecule has 1 rings (SSSR count). The van der Waals surface area contributed by atoms with Crippen LogP contribution in [-0.4, -0.2) is 26.9 Å². The molecular weight excluding hydrogens is 264 g/mol. The van der Waals surface area contributed by atoms with Gasteiger partial charge in [-0.05, 0) is 17.0 Å². The number of aliphatic hydroxyl groups is 1. The van der Waals surface area contributed by atoms with Crippen LogP contribution in [0.4, 0.5) is 0 Å². The second-order valence-corrected chi connectivity index (χ2v) is 11.4. The predicted molar refractivity (Wildman–Crippen MR) is 89.9 cm³/mol. The Balaban J connectivity index is 0.000000396. The van der Waals surface area contributed by atoms with E-state index in [0.717, 1.165) is 5.75 Å². The molecule has 112 valence electrons. The van der Waals surface area contributed by atoms with Crippen LogP contribution in [-0.2, 0) is 5.41 Å². The highest BCUT2D eigenvalue weighted by atomic mass is 28.3. The maximum atomic E-state index is 8.28. The van der Waals surface area contributed by atoms with Crippen molar-refractivity contribution >= 4 is 8.07 Å². The van der Waals surface area contributed by atoms with Gasteiger partial charge in [-0.15, -0.1) is 5.54 Å². The van der Waals surface area contributed by atoms with Crippen LogP contribution in [0.3, 0.4) is 0 Å². The van der Waals surface area contributed by atoms with Crippen molar-refractivity contribution in [1.29, 1.82) is 0 Å². The van der Waals surface area contributed by atoms with Crippen LogP contribution in [0.15, 0.2) is 24.3 Å². The van der Waals surface area contributed by atoms with Gasteiger partial charge in [0, 0.05) is 0 Å². The molecule has 0 spiro atoms. The number of hydrogen-bond donors (Lipinski definition) is 1. The van der Waals surface area contributed by atoms with Gasteiger partial charge in [-0.3, -0.25) is 0 Å². The van der Waals surface area contributed by atoms with Crippen LogP contribution in [0.5, 0.6) is 5.75 Å². The van der Waals surface area contributed by atoms with Crippen molar-refractivity contribution in [3.05, 3.63) is 29.8 Å². The number of aliphatic hydroxyl groups excluding tert-OH is 1. The number of hydrogen-bond acceptors (Lipinski definition) is 2. The predicted octanol–water partition coefficient (Wildman–Crippen LogP) is 3.85. The summed E-state index contributed by atoms with van der Waals surface area (Å²) in [6.07, 6.45) is 0. The molecule has 0 atom stereocenters. The zero-order valence-electron chi connectivity index (χ0n) is 13.9. The van der Waals surface area contributed by atoms with Gasteiger partial charge in [0.2, 0.25) is 0 Å². The molecule has 1 aromatic rings. The Kier molecular flexibility index (Phi) is 7.63. The van der Waals surface area contributed by atoms with E-state index in [4.69, 9.17) is 9.84 Å². The van der Waals surface area contributed by atoms with Gasteiger partial charge in [-0.1, -0.05) is 64.5 Å². The Labute approximate surface area is 125 Å². The molecule has 0 aliphatic heterocycles. The topological polar surface area (TPSA) is 29.5 Å². The first kappa shape index (κ1) is 18.8. The highest BCUT2D eigenvalue weighted by molar-refractivity contribution is 6.83. The molecule has 0 fully saturated rings. The molecule has 0 radical (unpaired) electrons. The van der Waals surface area contributed by atoms with Gasteiger partial charge in [-0.25, -0.2) is 0 Å². The highest BCUT2D eigenvalue weighted by Crippen LogP contribution is 2.30. The van der Waals surface area contributed by atoms with Crippen molar-refractivity contribution in [3.8, 4) is 17.2 Å². The summed E-state index contributed by atoms with van der Waals surface area (Å²) in [5, 5.41) is 8.28. The molecule has 1 N–H and O–H groups in total. The monoisotopic (exact) mass is 292 g/mol. The van der Waals surface area contributed by atoms with E-state index in [1.54, 1.807) is 7.11 Å². The summed E-state index contributed by atoms with van der Waals surface area (Å²) in [7, 11) is 0.514. The number of methoxy groups -OCH3 is 1. The molecule has 0 unspecified atom stereocenters. The number of rotatable bonds is 1. The van der Waals surface area contributed by atoms with E-state index in [9.17, 15) is 0 Å². The Morgan fingerprint density at radius 3 is 2.00 bits per heavy atom. The third-order valence-corrected chi connectivity index (χ3v) is 3.38. The van der Waals surface area contributed by atoms with Gasteiger partial charge in [0.15, 0.2) is 0 Å². The van der Waals surface area contributed by atoms with Crippen LogP contribution >= 0.6 is 0 Å². The van der Waals surface area contributed by atoms with E-state index in [2.05, 4.69) is 57.9 Å². The molecule has 0 saturated carbocycles. The maximum absolute atomic E-state index is 8.28. The van der Waals surface area contributed by atoms with Crippen LogP contribution in [0.25, 0.3) is 0 Å². The van der Waals surface area contributed by atoms with Gasteiger partial charge >= 0.3 is 0 Å². The number of para-hydroxylation sites is 1. The lowest BCUT2D eigenvalue weighted by Gasteiger charge is -2.21. The summed E-state index contributed by atoms with van der Waals surface area (Å²) >= 11 is 0. The zero-order chi connectivity index (χ0) is 15.8. The molecule has 20 heavy (non-hydrogen) atoms. The van der Waals surface area contributed by atoms with Gasteiger partial charge in [0.25, 0.3) is 0 Å². The first-order valence-corrected chi connectivity index (χ1v) is 10.4.